The summed E-state index contributed by atoms with van der Waals surface area (Å²) in [6.45, 7) is 0.747. The lowest BCUT2D eigenvalue weighted by molar-refractivity contribution is 0.251. The summed E-state index contributed by atoms with van der Waals surface area (Å²) in [5, 5.41) is 0. The molecule has 0 aromatic heterocycles. The van der Waals surface area contributed by atoms with Crippen LogP contribution in [0.2, 0.25) is 0 Å². The maximum Gasteiger partial charge on any atom is 0.175 e. The molecule has 0 aliphatic heterocycles. The Morgan fingerprint density at radius 1 is 1.04 bits per heavy atom. The fourth-order valence-electron chi connectivity index (χ4n) is 3.06. The zero-order chi connectivity index (χ0) is 18.6. The molecule has 26 heavy (non-hydrogen) atoms. The van der Waals surface area contributed by atoms with E-state index in [4.69, 9.17) is 4.74 Å². The highest BCUT2D eigenvalue weighted by Gasteiger charge is 2.15. The molecule has 2 aromatic carbocycles. The number of rotatable bonds is 4. The number of hydrogen-bond acceptors (Lipinski definition) is 4. The van der Waals surface area contributed by atoms with Crippen LogP contribution in [0.5, 0.6) is 5.75 Å². The minimum atomic E-state index is -3.19. The first-order valence-corrected chi connectivity index (χ1v) is 11.0. The van der Waals surface area contributed by atoms with Crippen molar-refractivity contribution in [2.75, 3.05) is 12.9 Å². The summed E-state index contributed by atoms with van der Waals surface area (Å²) in [6, 6.07) is 12.3. The van der Waals surface area contributed by atoms with Crippen LogP contribution in [0.3, 0.4) is 0 Å². The normalized spacial score (nSPS) is 14.7. The van der Waals surface area contributed by atoms with Gasteiger partial charge in [-0.15, -0.1) is 12.6 Å². The highest BCUT2D eigenvalue weighted by atomic mass is 32.2. The zero-order valence-corrected chi connectivity index (χ0v) is 16.4. The van der Waals surface area contributed by atoms with Crippen molar-refractivity contribution in [3.8, 4) is 17.6 Å². The Morgan fingerprint density at radius 2 is 1.69 bits per heavy atom. The van der Waals surface area contributed by atoms with Crippen molar-refractivity contribution in [1.29, 1.82) is 0 Å². The number of benzene rings is 2. The summed E-state index contributed by atoms with van der Waals surface area (Å²) >= 11 is 4.44. The summed E-state index contributed by atoms with van der Waals surface area (Å²) in [7, 11) is -3.19. The van der Waals surface area contributed by atoms with Gasteiger partial charge in [0.2, 0.25) is 0 Å². The molecule has 1 fully saturated rings. The number of ether oxygens (including phenoxy) is 1. The van der Waals surface area contributed by atoms with Crippen LogP contribution < -0.4 is 4.74 Å². The number of hydrogen-bond donors (Lipinski definition) is 1. The second kappa shape index (κ2) is 8.20. The predicted molar refractivity (Wildman–Crippen MR) is 107 cm³/mol. The second-order valence-electron chi connectivity index (χ2n) is 6.72. The van der Waals surface area contributed by atoms with E-state index >= 15 is 0 Å². The molecule has 3 rings (SSSR count). The van der Waals surface area contributed by atoms with Crippen LogP contribution in [0, 0.1) is 17.8 Å². The lowest BCUT2D eigenvalue weighted by Gasteiger charge is -2.12. The highest BCUT2D eigenvalue weighted by Crippen LogP contribution is 2.26. The predicted octanol–water partition coefficient (Wildman–Crippen LogP) is 4.35. The van der Waals surface area contributed by atoms with Gasteiger partial charge in [-0.05, 0) is 61.2 Å². The summed E-state index contributed by atoms with van der Waals surface area (Å²) in [4.78, 5) is 1.11. The molecule has 0 heterocycles. The van der Waals surface area contributed by atoms with Crippen LogP contribution in [0.4, 0.5) is 0 Å². The van der Waals surface area contributed by atoms with Gasteiger partial charge in [-0.25, -0.2) is 8.42 Å². The first-order valence-electron chi connectivity index (χ1n) is 8.69. The zero-order valence-electron chi connectivity index (χ0n) is 14.7. The van der Waals surface area contributed by atoms with E-state index in [9.17, 15) is 8.42 Å². The molecule has 0 unspecified atom stereocenters. The minimum absolute atomic E-state index is 0.294. The van der Waals surface area contributed by atoms with Crippen LogP contribution in [0.25, 0.3) is 0 Å². The average molecular weight is 387 g/mol. The van der Waals surface area contributed by atoms with Crippen molar-refractivity contribution in [1.82, 2.24) is 0 Å². The highest BCUT2D eigenvalue weighted by molar-refractivity contribution is 7.90. The van der Waals surface area contributed by atoms with Crippen LogP contribution in [-0.4, -0.2) is 21.3 Å². The van der Waals surface area contributed by atoms with Crippen molar-refractivity contribution < 1.29 is 13.2 Å². The largest absolute Gasteiger partial charge is 0.493 e. The minimum Gasteiger partial charge on any atom is -0.493 e. The van der Waals surface area contributed by atoms with E-state index in [0.29, 0.717) is 10.8 Å². The second-order valence-corrected chi connectivity index (χ2v) is 9.26. The van der Waals surface area contributed by atoms with Gasteiger partial charge in [0.15, 0.2) is 9.84 Å². The van der Waals surface area contributed by atoms with Crippen LogP contribution >= 0.6 is 12.6 Å². The lowest BCUT2D eigenvalue weighted by atomic mass is 10.1. The molecule has 1 saturated carbocycles. The smallest absolute Gasteiger partial charge is 0.175 e. The third kappa shape index (κ3) is 5.30. The quantitative estimate of drug-likeness (QED) is 0.628. The van der Waals surface area contributed by atoms with E-state index in [1.807, 2.05) is 18.2 Å². The third-order valence-electron chi connectivity index (χ3n) is 4.49. The van der Waals surface area contributed by atoms with Gasteiger partial charge in [0.05, 0.1) is 11.5 Å². The van der Waals surface area contributed by atoms with E-state index in [2.05, 4.69) is 24.5 Å². The molecule has 1 aliphatic carbocycles. The SMILES string of the molecule is CS(=O)(=O)c1ccc(C#Cc2cc(S)cc(OCC3CCCC3)c2)cc1. The van der Waals surface area contributed by atoms with Gasteiger partial charge in [0, 0.05) is 22.3 Å². The molecule has 5 heteroatoms. The first kappa shape index (κ1) is 18.9. The maximum atomic E-state index is 11.5. The molecule has 0 amide bonds. The van der Waals surface area contributed by atoms with Gasteiger partial charge in [-0.3, -0.25) is 0 Å². The molecule has 0 spiro atoms. The van der Waals surface area contributed by atoms with E-state index in [1.54, 1.807) is 24.3 Å². The third-order valence-corrected chi connectivity index (χ3v) is 5.87. The van der Waals surface area contributed by atoms with Crippen molar-refractivity contribution in [2.45, 2.75) is 35.5 Å². The molecular weight excluding hydrogens is 364 g/mol. The van der Waals surface area contributed by atoms with Gasteiger partial charge in [-0.2, -0.15) is 0 Å². The molecule has 0 N–H and O–H groups in total. The monoisotopic (exact) mass is 386 g/mol. The van der Waals surface area contributed by atoms with Crippen LogP contribution in [0.15, 0.2) is 52.3 Å². The Labute approximate surface area is 161 Å². The van der Waals surface area contributed by atoms with Crippen LogP contribution in [0.1, 0.15) is 36.8 Å². The standard InChI is InChI=1S/C21H22O3S2/c1-26(22,23)21-10-8-16(9-11-21)6-7-18-12-19(14-20(25)13-18)24-15-17-4-2-3-5-17/h8-14,17,25H,2-5,15H2,1H3. The van der Waals surface area contributed by atoms with E-state index < -0.39 is 9.84 Å². The Hall–Kier alpha value is -1.90. The molecule has 136 valence electrons. The van der Waals surface area contributed by atoms with Crippen molar-refractivity contribution in [2.24, 2.45) is 5.92 Å². The Bertz CT molecular complexity index is 929. The number of sulfone groups is 1. The van der Waals surface area contributed by atoms with E-state index in [-0.39, 0.29) is 0 Å². The Morgan fingerprint density at radius 3 is 2.35 bits per heavy atom. The van der Waals surface area contributed by atoms with Crippen molar-refractivity contribution >= 4 is 22.5 Å². The Kier molecular flexibility index (Phi) is 5.95. The number of thiol groups is 1. The molecule has 0 radical (unpaired) electrons. The van der Waals surface area contributed by atoms with Gasteiger partial charge in [0.1, 0.15) is 5.75 Å². The van der Waals surface area contributed by atoms with E-state index in [0.717, 1.165) is 28.4 Å². The molecule has 0 bridgehead atoms. The van der Waals surface area contributed by atoms with Gasteiger partial charge in [0.25, 0.3) is 0 Å². The summed E-state index contributed by atoms with van der Waals surface area (Å²) < 4.78 is 28.9. The van der Waals surface area contributed by atoms with E-state index in [1.165, 1.54) is 31.9 Å². The molecular formula is C21H22O3S2. The van der Waals surface area contributed by atoms with Crippen molar-refractivity contribution in [3.63, 3.8) is 0 Å². The summed E-state index contributed by atoms with van der Waals surface area (Å²) in [6.07, 6.45) is 6.29. The summed E-state index contributed by atoms with van der Waals surface area (Å²) in [5.41, 5.74) is 1.58. The molecule has 3 nitrogen and oxygen atoms in total. The van der Waals surface area contributed by atoms with Gasteiger partial charge in [-0.1, -0.05) is 24.7 Å². The average Bonchev–Trinajstić information content (AvgIpc) is 3.11. The molecule has 1 aliphatic rings. The Balaban J connectivity index is 1.72. The van der Waals surface area contributed by atoms with Gasteiger partial charge < -0.3 is 4.74 Å². The first-order chi connectivity index (χ1) is 12.4. The molecule has 0 saturated heterocycles. The maximum absolute atomic E-state index is 11.5. The molecule has 0 atom stereocenters. The summed E-state index contributed by atoms with van der Waals surface area (Å²) in [5.74, 6) is 7.60. The fraction of sp³-hybridized carbons (Fsp3) is 0.333. The fourth-order valence-corrected chi connectivity index (χ4v) is 3.96. The van der Waals surface area contributed by atoms with Crippen LogP contribution in [-0.2, 0) is 9.84 Å². The van der Waals surface area contributed by atoms with Gasteiger partial charge >= 0.3 is 0 Å². The van der Waals surface area contributed by atoms with Crippen molar-refractivity contribution in [3.05, 3.63) is 53.6 Å². The topological polar surface area (TPSA) is 43.4 Å². The lowest BCUT2D eigenvalue weighted by Crippen LogP contribution is -2.08. The molecule has 2 aromatic rings.